The molecule has 2 atom stereocenters. The first-order valence-electron chi connectivity index (χ1n) is 2.35. The molecule has 1 nitrogen and oxygen atoms in total. The SMILES string of the molecule is FC1CC(F)(F)OC1F. The summed E-state index contributed by atoms with van der Waals surface area (Å²) in [4.78, 5) is 0. The molecule has 1 fully saturated rings. The molecule has 1 aliphatic rings. The van der Waals surface area contributed by atoms with Gasteiger partial charge in [-0.15, -0.1) is 0 Å². The molecule has 1 heterocycles. The van der Waals surface area contributed by atoms with Gasteiger partial charge in [-0.1, -0.05) is 0 Å². The van der Waals surface area contributed by atoms with Crippen LogP contribution < -0.4 is 0 Å². The second-order valence-corrected chi connectivity index (χ2v) is 1.83. The minimum Gasteiger partial charge on any atom is -0.282 e. The van der Waals surface area contributed by atoms with Crippen molar-refractivity contribution in [3.8, 4) is 0 Å². The van der Waals surface area contributed by atoms with E-state index in [9.17, 15) is 17.6 Å². The van der Waals surface area contributed by atoms with Crippen LogP contribution in [0.4, 0.5) is 17.6 Å². The Bertz CT molecular complexity index is 103. The zero-order valence-electron chi connectivity index (χ0n) is 4.28. The molecule has 5 heteroatoms. The van der Waals surface area contributed by atoms with Crippen molar-refractivity contribution >= 4 is 0 Å². The Morgan fingerprint density at radius 2 is 1.89 bits per heavy atom. The normalized spacial score (nSPS) is 41.3. The summed E-state index contributed by atoms with van der Waals surface area (Å²) < 4.78 is 50.3. The number of rotatable bonds is 0. The van der Waals surface area contributed by atoms with Crippen molar-refractivity contribution in [2.45, 2.75) is 25.1 Å². The molecule has 0 bridgehead atoms. The lowest BCUT2D eigenvalue weighted by atomic mass is 10.3. The summed E-state index contributed by atoms with van der Waals surface area (Å²) >= 11 is 0. The second kappa shape index (κ2) is 1.83. The quantitative estimate of drug-likeness (QED) is 0.469. The van der Waals surface area contributed by atoms with Crippen molar-refractivity contribution in [1.29, 1.82) is 0 Å². The molecule has 0 spiro atoms. The molecule has 1 rings (SSSR count). The van der Waals surface area contributed by atoms with Gasteiger partial charge in [-0.2, -0.15) is 8.78 Å². The van der Waals surface area contributed by atoms with Crippen molar-refractivity contribution in [3.05, 3.63) is 0 Å². The summed E-state index contributed by atoms with van der Waals surface area (Å²) in [6.45, 7) is 0. The maximum Gasteiger partial charge on any atom is 0.361 e. The highest BCUT2D eigenvalue weighted by Gasteiger charge is 2.48. The van der Waals surface area contributed by atoms with E-state index in [1.165, 1.54) is 0 Å². The molecule has 0 N–H and O–H groups in total. The van der Waals surface area contributed by atoms with Gasteiger partial charge in [0.05, 0.1) is 6.42 Å². The lowest BCUT2D eigenvalue weighted by Crippen LogP contribution is -2.13. The van der Waals surface area contributed by atoms with Crippen LogP contribution in [0.5, 0.6) is 0 Å². The molecule has 54 valence electrons. The molecule has 0 radical (unpaired) electrons. The molecule has 2 unspecified atom stereocenters. The van der Waals surface area contributed by atoms with Crippen LogP contribution in [0.1, 0.15) is 6.42 Å². The number of ether oxygens (including phenoxy) is 1. The minimum absolute atomic E-state index is 1.17. The van der Waals surface area contributed by atoms with Gasteiger partial charge in [-0.05, 0) is 0 Å². The van der Waals surface area contributed by atoms with Gasteiger partial charge in [-0.25, -0.2) is 8.78 Å². The van der Waals surface area contributed by atoms with Gasteiger partial charge in [0.15, 0.2) is 6.17 Å². The third-order valence-corrected chi connectivity index (χ3v) is 1.00. The van der Waals surface area contributed by atoms with Crippen molar-refractivity contribution in [2.75, 3.05) is 0 Å². The van der Waals surface area contributed by atoms with Gasteiger partial charge < -0.3 is 0 Å². The van der Waals surface area contributed by atoms with E-state index >= 15 is 0 Å². The molecule has 0 amide bonds. The molecular weight excluding hydrogens is 140 g/mol. The van der Waals surface area contributed by atoms with Crippen LogP contribution in [0.25, 0.3) is 0 Å². The first-order valence-corrected chi connectivity index (χ1v) is 2.35. The fourth-order valence-electron chi connectivity index (χ4n) is 0.606. The fourth-order valence-corrected chi connectivity index (χ4v) is 0.606. The minimum atomic E-state index is -3.61. The Labute approximate surface area is 48.6 Å². The van der Waals surface area contributed by atoms with Crippen LogP contribution in [0.2, 0.25) is 0 Å². The average molecular weight is 144 g/mol. The number of hydrogen-bond donors (Lipinski definition) is 0. The van der Waals surface area contributed by atoms with Crippen molar-refractivity contribution in [3.63, 3.8) is 0 Å². The van der Waals surface area contributed by atoms with Crippen LogP contribution in [0, 0.1) is 0 Å². The van der Waals surface area contributed by atoms with Crippen LogP contribution in [-0.2, 0) is 4.74 Å². The summed E-state index contributed by atoms with van der Waals surface area (Å²) in [6, 6.07) is 0. The Morgan fingerprint density at radius 1 is 1.33 bits per heavy atom. The Morgan fingerprint density at radius 3 is 2.00 bits per heavy atom. The molecule has 1 saturated heterocycles. The fraction of sp³-hybridized carbons (Fsp3) is 1.00. The topological polar surface area (TPSA) is 9.23 Å². The highest BCUT2D eigenvalue weighted by Crippen LogP contribution is 2.35. The van der Waals surface area contributed by atoms with Crippen LogP contribution in [0.15, 0.2) is 0 Å². The monoisotopic (exact) mass is 144 g/mol. The lowest BCUT2D eigenvalue weighted by molar-refractivity contribution is -0.247. The predicted octanol–water partition coefficient (Wildman–Crippen LogP) is 1.63. The number of hydrogen-bond acceptors (Lipinski definition) is 1. The Hall–Kier alpha value is -0.320. The van der Waals surface area contributed by atoms with E-state index in [0.717, 1.165) is 0 Å². The van der Waals surface area contributed by atoms with Crippen LogP contribution in [-0.4, -0.2) is 18.6 Å². The first-order chi connectivity index (χ1) is 4.01. The highest BCUT2D eigenvalue weighted by atomic mass is 19.3. The van der Waals surface area contributed by atoms with E-state index in [4.69, 9.17) is 0 Å². The van der Waals surface area contributed by atoms with E-state index in [-0.39, 0.29) is 0 Å². The maximum absolute atomic E-state index is 11.8. The Kier molecular flexibility index (Phi) is 1.38. The molecular formula is C4H4F4O. The highest BCUT2D eigenvalue weighted by molar-refractivity contribution is 4.74. The molecule has 0 saturated carbocycles. The van der Waals surface area contributed by atoms with Gasteiger partial charge in [0.2, 0.25) is 6.36 Å². The molecule has 0 aromatic heterocycles. The van der Waals surface area contributed by atoms with Crippen molar-refractivity contribution in [1.82, 2.24) is 0 Å². The number of alkyl halides is 4. The first kappa shape index (κ1) is 6.80. The van der Waals surface area contributed by atoms with Crippen molar-refractivity contribution < 1.29 is 22.3 Å². The zero-order valence-corrected chi connectivity index (χ0v) is 4.28. The summed E-state index contributed by atoms with van der Waals surface area (Å²) in [5, 5.41) is 0. The standard InChI is InChI=1S/C4H4F4O/c5-2-1-4(7,8)9-3(2)6/h2-3H,1H2. The summed E-state index contributed by atoms with van der Waals surface area (Å²) in [7, 11) is 0. The van der Waals surface area contributed by atoms with Gasteiger partial charge in [0.1, 0.15) is 0 Å². The van der Waals surface area contributed by atoms with Gasteiger partial charge in [0, 0.05) is 0 Å². The van der Waals surface area contributed by atoms with E-state index in [0.29, 0.717) is 0 Å². The van der Waals surface area contributed by atoms with Crippen molar-refractivity contribution in [2.24, 2.45) is 0 Å². The summed E-state index contributed by atoms with van der Waals surface area (Å²) in [5.41, 5.74) is 0. The predicted molar refractivity (Wildman–Crippen MR) is 20.4 cm³/mol. The maximum atomic E-state index is 11.8. The Balaban J connectivity index is 2.54. The largest absolute Gasteiger partial charge is 0.361 e. The third-order valence-electron chi connectivity index (χ3n) is 1.00. The number of halogens is 4. The zero-order chi connectivity index (χ0) is 7.07. The van der Waals surface area contributed by atoms with Gasteiger partial charge in [0.25, 0.3) is 0 Å². The van der Waals surface area contributed by atoms with Gasteiger partial charge >= 0.3 is 6.11 Å². The molecule has 1 aliphatic heterocycles. The van der Waals surface area contributed by atoms with E-state index in [1.807, 2.05) is 0 Å². The molecule has 9 heavy (non-hydrogen) atoms. The van der Waals surface area contributed by atoms with E-state index in [1.54, 1.807) is 0 Å². The third kappa shape index (κ3) is 1.32. The molecule has 0 aromatic rings. The average Bonchev–Trinajstić information content (AvgIpc) is 1.79. The molecule has 0 aromatic carbocycles. The van der Waals surface area contributed by atoms with E-state index in [2.05, 4.69) is 4.74 Å². The smallest absolute Gasteiger partial charge is 0.282 e. The summed E-state index contributed by atoms with van der Waals surface area (Å²) in [6.07, 6.45) is -9.42. The van der Waals surface area contributed by atoms with Gasteiger partial charge in [-0.3, -0.25) is 4.74 Å². The van der Waals surface area contributed by atoms with Crippen LogP contribution in [0.3, 0.4) is 0 Å². The van der Waals surface area contributed by atoms with Crippen LogP contribution >= 0.6 is 0 Å². The summed E-state index contributed by atoms with van der Waals surface area (Å²) in [5.74, 6) is 0. The van der Waals surface area contributed by atoms with E-state index < -0.39 is 25.1 Å². The molecule has 0 aliphatic carbocycles. The lowest BCUT2D eigenvalue weighted by Gasteiger charge is -2.04. The second-order valence-electron chi connectivity index (χ2n) is 1.83.